The molecule has 2 saturated heterocycles. The summed E-state index contributed by atoms with van der Waals surface area (Å²) in [4.78, 5) is 8.70. The second-order valence-corrected chi connectivity index (χ2v) is 8.70. The van der Waals surface area contributed by atoms with Crippen molar-refractivity contribution >= 4 is 21.6 Å². The van der Waals surface area contributed by atoms with E-state index in [0.717, 1.165) is 25.3 Å². The van der Waals surface area contributed by atoms with Gasteiger partial charge in [-0.25, -0.2) is 8.42 Å². The van der Waals surface area contributed by atoms with Gasteiger partial charge in [-0.05, 0) is 25.2 Å². The molecule has 0 radical (unpaired) electrons. The maximum absolute atomic E-state index is 11.6. The van der Waals surface area contributed by atoms with E-state index in [2.05, 4.69) is 27.0 Å². The maximum Gasteiger partial charge on any atom is 0.247 e. The fraction of sp³-hybridized carbons (Fsp3) is 0.786. The molecular weight excluding hydrogens is 302 g/mol. The SMILES string of the molecule is CC1CCCN(c2cnnc(N(C)C3CCS(=O)(=O)C3)n2)C1. The van der Waals surface area contributed by atoms with Gasteiger partial charge < -0.3 is 9.80 Å². The monoisotopic (exact) mass is 325 g/mol. The third kappa shape index (κ3) is 3.31. The van der Waals surface area contributed by atoms with Gasteiger partial charge >= 0.3 is 0 Å². The highest BCUT2D eigenvalue weighted by molar-refractivity contribution is 7.91. The van der Waals surface area contributed by atoms with Gasteiger partial charge in [0.1, 0.15) is 0 Å². The fourth-order valence-electron chi connectivity index (χ4n) is 3.23. The van der Waals surface area contributed by atoms with Gasteiger partial charge in [0.15, 0.2) is 15.7 Å². The Labute approximate surface area is 131 Å². The normalized spacial score (nSPS) is 27.8. The van der Waals surface area contributed by atoms with Crippen LogP contribution in [0.2, 0.25) is 0 Å². The number of rotatable bonds is 3. The molecule has 8 heteroatoms. The lowest BCUT2D eigenvalue weighted by atomic mass is 10.0. The topological polar surface area (TPSA) is 79.3 Å². The number of sulfone groups is 1. The van der Waals surface area contributed by atoms with E-state index in [9.17, 15) is 8.42 Å². The van der Waals surface area contributed by atoms with Crippen LogP contribution < -0.4 is 9.80 Å². The highest BCUT2D eigenvalue weighted by atomic mass is 32.2. The van der Waals surface area contributed by atoms with Crippen molar-refractivity contribution in [2.45, 2.75) is 32.2 Å². The minimum absolute atomic E-state index is 0.0534. The van der Waals surface area contributed by atoms with Crippen molar-refractivity contribution in [1.29, 1.82) is 0 Å². The first kappa shape index (κ1) is 15.5. The zero-order valence-electron chi connectivity index (χ0n) is 13.1. The highest BCUT2D eigenvalue weighted by Crippen LogP contribution is 2.24. The summed E-state index contributed by atoms with van der Waals surface area (Å²) in [5.74, 6) is 2.43. The summed E-state index contributed by atoms with van der Waals surface area (Å²) in [5.41, 5.74) is 0. The van der Waals surface area contributed by atoms with Crippen LogP contribution in [0.15, 0.2) is 6.20 Å². The second-order valence-electron chi connectivity index (χ2n) is 6.48. The Hall–Kier alpha value is -1.44. The number of piperidine rings is 1. The van der Waals surface area contributed by atoms with E-state index in [4.69, 9.17) is 0 Å². The molecule has 122 valence electrons. The van der Waals surface area contributed by atoms with Gasteiger partial charge in [-0.15, -0.1) is 5.10 Å². The van der Waals surface area contributed by atoms with Gasteiger partial charge in [0.05, 0.1) is 17.7 Å². The number of hydrogen-bond donors (Lipinski definition) is 0. The second kappa shape index (κ2) is 5.98. The van der Waals surface area contributed by atoms with Crippen LogP contribution in [0.3, 0.4) is 0 Å². The molecule has 2 aliphatic rings. The molecule has 0 saturated carbocycles. The van der Waals surface area contributed by atoms with Crippen molar-refractivity contribution < 1.29 is 8.42 Å². The number of nitrogens with zero attached hydrogens (tertiary/aromatic N) is 5. The van der Waals surface area contributed by atoms with Crippen molar-refractivity contribution in [3.05, 3.63) is 6.20 Å². The lowest BCUT2D eigenvalue weighted by Crippen LogP contribution is -2.37. The number of aromatic nitrogens is 3. The molecular formula is C14H23N5O2S. The van der Waals surface area contributed by atoms with E-state index in [1.165, 1.54) is 6.42 Å². The first-order valence-electron chi connectivity index (χ1n) is 7.82. The zero-order chi connectivity index (χ0) is 15.7. The van der Waals surface area contributed by atoms with Crippen LogP contribution >= 0.6 is 0 Å². The molecule has 0 aromatic carbocycles. The van der Waals surface area contributed by atoms with Gasteiger partial charge in [-0.1, -0.05) is 6.92 Å². The Morgan fingerprint density at radius 1 is 1.36 bits per heavy atom. The number of anilines is 2. The van der Waals surface area contributed by atoms with Gasteiger partial charge in [0.25, 0.3) is 0 Å². The molecule has 0 bridgehead atoms. The van der Waals surface area contributed by atoms with Crippen molar-refractivity contribution in [2.75, 3.05) is 41.4 Å². The Kier molecular flexibility index (Phi) is 4.20. The van der Waals surface area contributed by atoms with Gasteiger partial charge in [-0.3, -0.25) is 0 Å². The largest absolute Gasteiger partial charge is 0.355 e. The molecule has 2 atom stereocenters. The maximum atomic E-state index is 11.6. The Morgan fingerprint density at radius 2 is 2.18 bits per heavy atom. The first-order valence-corrected chi connectivity index (χ1v) is 9.65. The summed E-state index contributed by atoms with van der Waals surface area (Å²) < 4.78 is 23.3. The molecule has 1 aromatic heterocycles. The molecule has 3 heterocycles. The van der Waals surface area contributed by atoms with E-state index < -0.39 is 9.84 Å². The third-order valence-electron chi connectivity index (χ3n) is 4.59. The molecule has 1 aromatic rings. The van der Waals surface area contributed by atoms with Crippen LogP contribution in [0.4, 0.5) is 11.8 Å². The summed E-state index contributed by atoms with van der Waals surface area (Å²) in [6.45, 7) is 4.22. The van der Waals surface area contributed by atoms with Gasteiger partial charge in [-0.2, -0.15) is 10.1 Å². The van der Waals surface area contributed by atoms with E-state index >= 15 is 0 Å². The average molecular weight is 325 g/mol. The van der Waals surface area contributed by atoms with Crippen LogP contribution in [0.1, 0.15) is 26.2 Å². The molecule has 0 spiro atoms. The third-order valence-corrected chi connectivity index (χ3v) is 6.34. The Bertz CT molecular complexity index is 636. The quantitative estimate of drug-likeness (QED) is 0.810. The minimum Gasteiger partial charge on any atom is -0.355 e. The highest BCUT2D eigenvalue weighted by Gasteiger charge is 2.32. The summed E-state index contributed by atoms with van der Waals surface area (Å²) in [5, 5.41) is 8.16. The van der Waals surface area contributed by atoms with Gasteiger partial charge in [0, 0.05) is 26.2 Å². The van der Waals surface area contributed by atoms with Crippen LogP contribution in [0.5, 0.6) is 0 Å². The summed E-state index contributed by atoms with van der Waals surface area (Å²) in [6.07, 6.45) is 4.74. The van der Waals surface area contributed by atoms with Crippen molar-refractivity contribution in [3.8, 4) is 0 Å². The lowest BCUT2D eigenvalue weighted by molar-refractivity contribution is 0.444. The molecule has 0 N–H and O–H groups in total. The fourth-order valence-corrected chi connectivity index (χ4v) is 5.00. The first-order chi connectivity index (χ1) is 10.4. The molecule has 2 unspecified atom stereocenters. The minimum atomic E-state index is -2.91. The van der Waals surface area contributed by atoms with Gasteiger partial charge in [0.2, 0.25) is 5.95 Å². The molecule has 0 aliphatic carbocycles. The zero-order valence-corrected chi connectivity index (χ0v) is 14.0. The predicted octanol–water partition coefficient (Wildman–Crippen LogP) is 0.731. The molecule has 7 nitrogen and oxygen atoms in total. The Morgan fingerprint density at radius 3 is 2.86 bits per heavy atom. The van der Waals surface area contributed by atoms with E-state index in [1.54, 1.807) is 6.20 Å². The van der Waals surface area contributed by atoms with E-state index in [1.807, 2.05) is 11.9 Å². The molecule has 3 rings (SSSR count). The predicted molar refractivity (Wildman–Crippen MR) is 85.9 cm³/mol. The van der Waals surface area contributed by atoms with E-state index in [0.29, 0.717) is 18.3 Å². The number of hydrogen-bond acceptors (Lipinski definition) is 7. The van der Waals surface area contributed by atoms with Crippen molar-refractivity contribution in [3.63, 3.8) is 0 Å². The molecule has 22 heavy (non-hydrogen) atoms. The molecule has 2 aliphatic heterocycles. The smallest absolute Gasteiger partial charge is 0.247 e. The van der Waals surface area contributed by atoms with E-state index in [-0.39, 0.29) is 17.5 Å². The summed E-state index contributed by atoms with van der Waals surface area (Å²) in [6, 6.07) is -0.0534. The van der Waals surface area contributed by atoms with Crippen molar-refractivity contribution in [2.24, 2.45) is 5.92 Å². The summed E-state index contributed by atoms with van der Waals surface area (Å²) in [7, 11) is -1.06. The lowest BCUT2D eigenvalue weighted by Gasteiger charge is -2.32. The van der Waals surface area contributed by atoms with Crippen LogP contribution in [-0.2, 0) is 9.84 Å². The standard InChI is InChI=1S/C14H23N5O2S/c1-11-4-3-6-19(9-11)13-8-15-17-14(16-13)18(2)12-5-7-22(20,21)10-12/h8,11-12H,3-7,9-10H2,1-2H3. The average Bonchev–Trinajstić information content (AvgIpc) is 2.87. The van der Waals surface area contributed by atoms with Crippen LogP contribution in [0.25, 0.3) is 0 Å². The van der Waals surface area contributed by atoms with Crippen molar-refractivity contribution in [1.82, 2.24) is 15.2 Å². The van der Waals surface area contributed by atoms with Crippen LogP contribution in [0, 0.1) is 5.92 Å². The molecule has 0 amide bonds. The Balaban J connectivity index is 1.76. The molecule has 2 fully saturated rings. The van der Waals surface area contributed by atoms with Crippen LogP contribution in [-0.4, -0.2) is 61.3 Å². The summed E-state index contributed by atoms with van der Waals surface area (Å²) >= 11 is 0.